The van der Waals surface area contributed by atoms with E-state index >= 15 is 0 Å². The summed E-state index contributed by atoms with van der Waals surface area (Å²) in [6.07, 6.45) is 1.16. The molecule has 0 radical (unpaired) electrons. The number of benzene rings is 1. The maximum absolute atomic E-state index is 5.91. The minimum atomic E-state index is 0.787. The molecule has 1 aromatic carbocycles. The van der Waals surface area contributed by atoms with Crippen molar-refractivity contribution in [2.24, 2.45) is 5.92 Å². The first-order valence-corrected chi connectivity index (χ1v) is 5.57. The van der Waals surface area contributed by atoms with Gasteiger partial charge in [-0.1, -0.05) is 17.7 Å². The Morgan fingerprint density at radius 3 is 2.77 bits per heavy atom. The van der Waals surface area contributed by atoms with Crippen LogP contribution in [-0.4, -0.2) is 13.1 Å². The van der Waals surface area contributed by atoms with Crippen molar-refractivity contribution in [3.05, 3.63) is 33.3 Å². The van der Waals surface area contributed by atoms with Gasteiger partial charge >= 0.3 is 0 Å². The Balaban J connectivity index is 2.07. The first kappa shape index (κ1) is 9.50. The predicted octanol–water partition coefficient (Wildman–Crippen LogP) is 2.86. The molecular weight excluding hydrogens is 249 g/mol. The van der Waals surface area contributed by atoms with Crippen LogP contribution in [0.3, 0.4) is 0 Å². The minimum absolute atomic E-state index is 0.787. The summed E-state index contributed by atoms with van der Waals surface area (Å²) < 4.78 is 0.999. The van der Waals surface area contributed by atoms with E-state index in [1.165, 1.54) is 5.56 Å². The quantitative estimate of drug-likeness (QED) is 0.862. The number of rotatable bonds is 2. The lowest BCUT2D eigenvalue weighted by Gasteiger charge is -2.27. The van der Waals surface area contributed by atoms with Gasteiger partial charge in [-0.05, 0) is 59.1 Å². The SMILES string of the molecule is Clc1ccc(CC2CNC2)cc1Br. The molecule has 0 atom stereocenters. The fourth-order valence-electron chi connectivity index (χ4n) is 1.49. The monoisotopic (exact) mass is 259 g/mol. The number of hydrogen-bond acceptors (Lipinski definition) is 1. The summed E-state index contributed by atoms with van der Waals surface area (Å²) in [5.74, 6) is 0.813. The molecule has 3 heteroatoms. The molecule has 2 rings (SSSR count). The van der Waals surface area contributed by atoms with E-state index in [-0.39, 0.29) is 0 Å². The summed E-state index contributed by atoms with van der Waals surface area (Å²) in [7, 11) is 0. The van der Waals surface area contributed by atoms with Gasteiger partial charge in [0.15, 0.2) is 0 Å². The molecule has 0 aromatic heterocycles. The van der Waals surface area contributed by atoms with E-state index in [1.807, 2.05) is 6.07 Å². The van der Waals surface area contributed by atoms with Gasteiger partial charge in [-0.15, -0.1) is 0 Å². The van der Waals surface area contributed by atoms with Crippen molar-refractivity contribution >= 4 is 27.5 Å². The summed E-state index contributed by atoms with van der Waals surface area (Å²) in [4.78, 5) is 0. The molecule has 0 amide bonds. The Hall–Kier alpha value is -0.0500. The van der Waals surface area contributed by atoms with E-state index in [1.54, 1.807) is 0 Å². The Morgan fingerprint density at radius 1 is 1.46 bits per heavy atom. The first-order chi connectivity index (χ1) is 6.25. The van der Waals surface area contributed by atoms with Gasteiger partial charge in [-0.25, -0.2) is 0 Å². The summed E-state index contributed by atoms with van der Waals surface area (Å²) in [5.41, 5.74) is 1.36. The van der Waals surface area contributed by atoms with Crippen LogP contribution in [-0.2, 0) is 6.42 Å². The van der Waals surface area contributed by atoms with Gasteiger partial charge in [0.2, 0.25) is 0 Å². The molecule has 1 saturated heterocycles. The Morgan fingerprint density at radius 2 is 2.23 bits per heavy atom. The molecular formula is C10H11BrClN. The molecule has 0 aliphatic carbocycles. The Labute approximate surface area is 91.6 Å². The van der Waals surface area contributed by atoms with Crippen molar-refractivity contribution < 1.29 is 0 Å². The maximum Gasteiger partial charge on any atom is 0.0548 e. The summed E-state index contributed by atoms with van der Waals surface area (Å²) in [5, 5.41) is 4.06. The summed E-state index contributed by atoms with van der Waals surface area (Å²) >= 11 is 9.33. The number of halogens is 2. The molecule has 1 fully saturated rings. The largest absolute Gasteiger partial charge is 0.316 e. The molecule has 1 N–H and O–H groups in total. The molecule has 1 nitrogen and oxygen atoms in total. The van der Waals surface area contributed by atoms with Gasteiger partial charge in [0, 0.05) is 4.47 Å². The zero-order chi connectivity index (χ0) is 9.26. The van der Waals surface area contributed by atoms with E-state index < -0.39 is 0 Å². The van der Waals surface area contributed by atoms with Gasteiger partial charge in [0.25, 0.3) is 0 Å². The molecule has 0 bridgehead atoms. The fraction of sp³-hybridized carbons (Fsp3) is 0.400. The highest BCUT2D eigenvalue weighted by Gasteiger charge is 2.16. The molecule has 13 heavy (non-hydrogen) atoms. The third-order valence-corrected chi connectivity index (χ3v) is 3.59. The fourth-order valence-corrected chi connectivity index (χ4v) is 2.04. The van der Waals surface area contributed by atoms with Crippen LogP contribution in [0, 0.1) is 5.92 Å². The molecule has 0 saturated carbocycles. The smallest absolute Gasteiger partial charge is 0.0548 e. The van der Waals surface area contributed by atoms with Crippen LogP contribution < -0.4 is 5.32 Å². The van der Waals surface area contributed by atoms with E-state index in [0.717, 1.165) is 34.9 Å². The third kappa shape index (κ3) is 2.25. The molecule has 0 spiro atoms. The Kier molecular flexibility index (Phi) is 2.92. The second kappa shape index (κ2) is 3.99. The van der Waals surface area contributed by atoms with Crippen molar-refractivity contribution in [2.75, 3.05) is 13.1 Å². The van der Waals surface area contributed by atoms with Gasteiger partial charge in [-0.2, -0.15) is 0 Å². The lowest BCUT2D eigenvalue weighted by molar-refractivity contribution is 0.346. The summed E-state index contributed by atoms with van der Waals surface area (Å²) in [6, 6.07) is 6.17. The average molecular weight is 261 g/mol. The van der Waals surface area contributed by atoms with Crippen molar-refractivity contribution in [3.63, 3.8) is 0 Å². The van der Waals surface area contributed by atoms with Crippen molar-refractivity contribution in [2.45, 2.75) is 6.42 Å². The lowest BCUT2D eigenvalue weighted by Crippen LogP contribution is -2.43. The third-order valence-electron chi connectivity index (χ3n) is 2.37. The number of hydrogen-bond donors (Lipinski definition) is 1. The van der Waals surface area contributed by atoms with E-state index in [0.29, 0.717) is 0 Å². The normalized spacial score (nSPS) is 17.1. The second-order valence-corrected chi connectivity index (χ2v) is 4.74. The molecule has 0 unspecified atom stereocenters. The van der Waals surface area contributed by atoms with Gasteiger partial charge in [0.05, 0.1) is 5.02 Å². The minimum Gasteiger partial charge on any atom is -0.316 e. The zero-order valence-electron chi connectivity index (χ0n) is 7.19. The van der Waals surface area contributed by atoms with Gasteiger partial charge < -0.3 is 5.32 Å². The Bertz CT molecular complexity index is 310. The predicted molar refractivity (Wildman–Crippen MR) is 59.2 cm³/mol. The van der Waals surface area contributed by atoms with Crippen LogP contribution in [0.2, 0.25) is 5.02 Å². The topological polar surface area (TPSA) is 12.0 Å². The standard InChI is InChI=1S/C10H11BrClN/c11-9-4-7(1-2-10(9)12)3-8-5-13-6-8/h1-2,4,8,13H,3,5-6H2. The zero-order valence-corrected chi connectivity index (χ0v) is 9.53. The van der Waals surface area contributed by atoms with Crippen molar-refractivity contribution in [1.29, 1.82) is 0 Å². The highest BCUT2D eigenvalue weighted by Crippen LogP contribution is 2.24. The van der Waals surface area contributed by atoms with Crippen LogP contribution in [0.25, 0.3) is 0 Å². The number of nitrogens with one attached hydrogen (secondary N) is 1. The van der Waals surface area contributed by atoms with Crippen LogP contribution in [0.15, 0.2) is 22.7 Å². The van der Waals surface area contributed by atoms with Crippen LogP contribution in [0.5, 0.6) is 0 Å². The van der Waals surface area contributed by atoms with E-state index in [2.05, 4.69) is 33.4 Å². The highest BCUT2D eigenvalue weighted by atomic mass is 79.9. The molecule has 1 aliphatic rings. The maximum atomic E-state index is 5.91. The van der Waals surface area contributed by atoms with Crippen LogP contribution >= 0.6 is 27.5 Å². The summed E-state index contributed by atoms with van der Waals surface area (Å²) in [6.45, 7) is 2.31. The molecule has 1 heterocycles. The molecule has 70 valence electrons. The second-order valence-electron chi connectivity index (χ2n) is 3.48. The first-order valence-electron chi connectivity index (χ1n) is 4.40. The van der Waals surface area contributed by atoms with Crippen LogP contribution in [0.4, 0.5) is 0 Å². The highest BCUT2D eigenvalue weighted by molar-refractivity contribution is 9.10. The molecule has 1 aromatic rings. The van der Waals surface area contributed by atoms with Gasteiger partial charge in [0.1, 0.15) is 0 Å². The van der Waals surface area contributed by atoms with E-state index in [4.69, 9.17) is 11.6 Å². The van der Waals surface area contributed by atoms with Crippen LogP contribution in [0.1, 0.15) is 5.56 Å². The lowest BCUT2D eigenvalue weighted by atomic mass is 9.95. The molecule has 1 aliphatic heterocycles. The average Bonchev–Trinajstić information content (AvgIpc) is 2.04. The van der Waals surface area contributed by atoms with E-state index in [9.17, 15) is 0 Å². The van der Waals surface area contributed by atoms with Crippen molar-refractivity contribution in [3.8, 4) is 0 Å². The van der Waals surface area contributed by atoms with Crippen molar-refractivity contribution in [1.82, 2.24) is 5.32 Å². The van der Waals surface area contributed by atoms with Gasteiger partial charge in [-0.3, -0.25) is 0 Å².